The molecule has 0 saturated heterocycles. The molecule has 0 bridgehead atoms. The standard InChI is InChI=1S/C24H32N2O5/c1-15(24(25)27)26(2)10-9-17-13-22(30-5)23(31-6)14-18(17)19(26)11-16-7-8-20(28-3)21(12-16)29-4/h7-8,12-15,19H,9-11H2,1-6H3,(H-,25,27)/p+1/t15?,19-,26?/m1/s1. The number of ether oxygens (including phenoxy) is 4. The number of carbonyl (C=O) groups excluding carboxylic acids is 1. The number of fused-ring (bicyclic) bond motifs is 1. The second-order valence-electron chi connectivity index (χ2n) is 8.21. The monoisotopic (exact) mass is 429 g/mol. The molecule has 2 aromatic rings. The molecule has 7 heteroatoms. The Bertz CT molecular complexity index is 961. The average Bonchev–Trinajstić information content (AvgIpc) is 2.79. The quantitative estimate of drug-likeness (QED) is 0.653. The summed E-state index contributed by atoms with van der Waals surface area (Å²) in [5.74, 6) is 2.46. The van der Waals surface area contributed by atoms with Crippen LogP contribution in [0.15, 0.2) is 30.3 Å². The van der Waals surface area contributed by atoms with Gasteiger partial charge in [-0.3, -0.25) is 4.79 Å². The van der Waals surface area contributed by atoms with Crippen molar-refractivity contribution in [3.63, 3.8) is 0 Å². The molecular weight excluding hydrogens is 396 g/mol. The summed E-state index contributed by atoms with van der Waals surface area (Å²) in [7, 11) is 8.64. The maximum absolute atomic E-state index is 12.2. The van der Waals surface area contributed by atoms with Crippen LogP contribution in [0.2, 0.25) is 0 Å². The highest BCUT2D eigenvalue weighted by Gasteiger charge is 2.45. The first kappa shape index (κ1) is 22.7. The number of hydrogen-bond donors (Lipinski definition) is 1. The largest absolute Gasteiger partial charge is 0.493 e. The molecule has 3 atom stereocenters. The summed E-state index contributed by atoms with van der Waals surface area (Å²) in [6.07, 6.45) is 1.53. The lowest BCUT2D eigenvalue weighted by molar-refractivity contribution is -0.953. The van der Waals surface area contributed by atoms with Crippen molar-refractivity contribution in [3.8, 4) is 23.0 Å². The van der Waals surface area contributed by atoms with E-state index < -0.39 is 0 Å². The van der Waals surface area contributed by atoms with Gasteiger partial charge in [-0.15, -0.1) is 0 Å². The number of nitrogens with two attached hydrogens (primary N) is 1. The number of benzene rings is 2. The summed E-state index contributed by atoms with van der Waals surface area (Å²) in [4.78, 5) is 12.2. The highest BCUT2D eigenvalue weighted by molar-refractivity contribution is 5.78. The van der Waals surface area contributed by atoms with Gasteiger partial charge in [0.05, 0.1) is 42.0 Å². The molecule has 3 rings (SSSR count). The number of nitrogens with zero attached hydrogens (tertiary/aromatic N) is 1. The van der Waals surface area contributed by atoms with Crippen molar-refractivity contribution >= 4 is 5.91 Å². The van der Waals surface area contributed by atoms with Gasteiger partial charge in [0.25, 0.3) is 5.91 Å². The van der Waals surface area contributed by atoms with E-state index in [9.17, 15) is 4.79 Å². The first-order chi connectivity index (χ1) is 14.8. The van der Waals surface area contributed by atoms with Crippen molar-refractivity contribution in [3.05, 3.63) is 47.0 Å². The summed E-state index contributed by atoms with van der Waals surface area (Å²) in [5, 5.41) is 0. The molecule has 2 N–H and O–H groups in total. The summed E-state index contributed by atoms with van der Waals surface area (Å²) in [5.41, 5.74) is 9.22. The lowest BCUT2D eigenvalue weighted by atomic mass is 9.85. The minimum atomic E-state index is -0.341. The number of carbonyl (C=O) groups is 1. The third kappa shape index (κ3) is 4.14. The fraction of sp³-hybridized carbons (Fsp3) is 0.458. The van der Waals surface area contributed by atoms with E-state index in [-0.39, 0.29) is 18.0 Å². The molecule has 0 radical (unpaired) electrons. The lowest BCUT2D eigenvalue weighted by Crippen LogP contribution is -2.61. The second kappa shape index (κ2) is 9.06. The Morgan fingerprint density at radius 1 is 1.00 bits per heavy atom. The first-order valence-electron chi connectivity index (χ1n) is 10.4. The minimum Gasteiger partial charge on any atom is -0.493 e. The molecule has 168 valence electrons. The van der Waals surface area contributed by atoms with Gasteiger partial charge < -0.3 is 29.2 Å². The topological polar surface area (TPSA) is 80.0 Å². The summed E-state index contributed by atoms with van der Waals surface area (Å²) in [6, 6.07) is 9.70. The molecular formula is C24H33N2O5+. The number of rotatable bonds is 8. The molecule has 7 nitrogen and oxygen atoms in total. The van der Waals surface area contributed by atoms with Gasteiger partial charge in [0.1, 0.15) is 6.04 Å². The van der Waals surface area contributed by atoms with E-state index in [0.29, 0.717) is 33.9 Å². The van der Waals surface area contributed by atoms with Gasteiger partial charge in [0, 0.05) is 18.4 Å². The van der Waals surface area contributed by atoms with Crippen LogP contribution in [0.4, 0.5) is 0 Å². The molecule has 1 amide bonds. The number of amides is 1. The zero-order valence-corrected chi connectivity index (χ0v) is 19.2. The van der Waals surface area contributed by atoms with Gasteiger partial charge >= 0.3 is 0 Å². The zero-order valence-electron chi connectivity index (χ0n) is 19.2. The Kier molecular flexibility index (Phi) is 6.65. The highest BCUT2D eigenvalue weighted by atomic mass is 16.5. The molecule has 2 unspecified atom stereocenters. The van der Waals surface area contributed by atoms with Crippen LogP contribution in [0.3, 0.4) is 0 Å². The van der Waals surface area contributed by atoms with Crippen LogP contribution in [-0.2, 0) is 17.6 Å². The van der Waals surface area contributed by atoms with E-state index in [2.05, 4.69) is 7.05 Å². The second-order valence-corrected chi connectivity index (χ2v) is 8.21. The van der Waals surface area contributed by atoms with Crippen molar-refractivity contribution in [1.29, 1.82) is 0 Å². The third-order valence-electron chi connectivity index (χ3n) is 6.75. The van der Waals surface area contributed by atoms with Gasteiger partial charge in [0.2, 0.25) is 0 Å². The Labute approximate surface area is 184 Å². The summed E-state index contributed by atoms with van der Waals surface area (Å²) >= 11 is 0. The fourth-order valence-electron chi connectivity index (χ4n) is 4.60. The number of primary amides is 1. The molecule has 1 aliphatic heterocycles. The van der Waals surface area contributed by atoms with Gasteiger partial charge in [-0.2, -0.15) is 0 Å². The van der Waals surface area contributed by atoms with Crippen molar-refractivity contribution in [1.82, 2.24) is 0 Å². The van der Waals surface area contributed by atoms with Crippen molar-refractivity contribution in [2.75, 3.05) is 42.0 Å². The predicted octanol–water partition coefficient (Wildman–Crippen LogP) is 2.88. The molecule has 0 spiro atoms. The molecule has 0 fully saturated rings. The predicted molar refractivity (Wildman–Crippen MR) is 119 cm³/mol. The SMILES string of the molecule is COc1ccc(C[C@@H]2c3cc(OC)c(OC)cc3CC[N+]2(C)C(C)C(N)=O)cc1OC. The number of methoxy groups -OCH3 is 4. The molecule has 2 aromatic carbocycles. The van der Waals surface area contributed by atoms with Crippen molar-refractivity contribution in [2.45, 2.75) is 31.8 Å². The Balaban J connectivity index is 2.13. The molecule has 0 aromatic heterocycles. The maximum atomic E-state index is 12.2. The smallest absolute Gasteiger partial charge is 0.275 e. The van der Waals surface area contributed by atoms with Gasteiger partial charge in [-0.25, -0.2) is 0 Å². The van der Waals surface area contributed by atoms with Gasteiger partial charge in [-0.05, 0) is 42.3 Å². The van der Waals surface area contributed by atoms with E-state index in [1.807, 2.05) is 37.3 Å². The summed E-state index contributed by atoms with van der Waals surface area (Å²) in [6.45, 7) is 2.71. The minimum absolute atomic E-state index is 0.00385. The molecule has 31 heavy (non-hydrogen) atoms. The zero-order chi connectivity index (χ0) is 22.8. The Morgan fingerprint density at radius 2 is 1.58 bits per heavy atom. The van der Waals surface area contributed by atoms with Crippen LogP contribution in [0.5, 0.6) is 23.0 Å². The van der Waals surface area contributed by atoms with E-state index in [1.165, 1.54) is 5.56 Å². The van der Waals surface area contributed by atoms with E-state index >= 15 is 0 Å². The average molecular weight is 430 g/mol. The van der Waals surface area contributed by atoms with Crippen LogP contribution in [0.25, 0.3) is 0 Å². The number of quaternary nitrogens is 1. The van der Waals surface area contributed by atoms with Gasteiger partial charge in [-0.1, -0.05) is 6.07 Å². The van der Waals surface area contributed by atoms with Crippen molar-refractivity contribution in [2.24, 2.45) is 5.73 Å². The lowest BCUT2D eigenvalue weighted by Gasteiger charge is -2.48. The molecule has 1 heterocycles. The molecule has 1 aliphatic rings. The van der Waals surface area contributed by atoms with Gasteiger partial charge in [0.15, 0.2) is 29.0 Å². The van der Waals surface area contributed by atoms with Crippen LogP contribution in [0.1, 0.15) is 29.7 Å². The van der Waals surface area contributed by atoms with E-state index in [0.717, 1.165) is 24.1 Å². The van der Waals surface area contributed by atoms with Crippen LogP contribution in [-0.4, -0.2) is 58.5 Å². The number of hydrogen-bond acceptors (Lipinski definition) is 5. The first-order valence-corrected chi connectivity index (χ1v) is 10.4. The van der Waals surface area contributed by atoms with Crippen LogP contribution in [0, 0.1) is 0 Å². The highest BCUT2D eigenvalue weighted by Crippen LogP contribution is 2.44. The van der Waals surface area contributed by atoms with Crippen LogP contribution < -0.4 is 24.7 Å². The molecule has 0 saturated carbocycles. The molecule has 0 aliphatic carbocycles. The van der Waals surface area contributed by atoms with Crippen molar-refractivity contribution < 1.29 is 28.2 Å². The maximum Gasteiger partial charge on any atom is 0.275 e. The van der Waals surface area contributed by atoms with E-state index in [4.69, 9.17) is 24.7 Å². The summed E-state index contributed by atoms with van der Waals surface area (Å²) < 4.78 is 22.5. The van der Waals surface area contributed by atoms with Crippen LogP contribution >= 0.6 is 0 Å². The Hall–Kier alpha value is -2.93. The fourth-order valence-corrected chi connectivity index (χ4v) is 4.60. The number of likely N-dealkylation sites (N-methyl/N-ethyl adjacent to an activating group) is 1. The Morgan fingerprint density at radius 3 is 2.16 bits per heavy atom. The van der Waals surface area contributed by atoms with E-state index in [1.54, 1.807) is 28.4 Å². The normalized spacial score (nSPS) is 21.0. The third-order valence-corrected chi connectivity index (χ3v) is 6.75.